The largest absolute Gasteiger partial charge is 0.478 e. The summed E-state index contributed by atoms with van der Waals surface area (Å²) in [6, 6.07) is 12.2. The molecule has 5 atom stereocenters. The standard InChI is InChI=1S/C22H23ClN2O4S/c1-11(2)20-14-10-17(30-16-9-4-3-8-15(16)25(28)29)19(23)18(14)12-6-5-7-13(22(26)27)21(12)24-20/h3-9,11,14,17-20,24H,10H2,1-2H3,(H,26,27)/t14-,17-,18-,19+,20-/m0/s1. The molecule has 1 heterocycles. The molecule has 30 heavy (non-hydrogen) atoms. The quantitative estimate of drug-likeness (QED) is 0.352. The van der Waals surface area contributed by atoms with Gasteiger partial charge in [0, 0.05) is 23.3 Å². The molecule has 0 radical (unpaired) electrons. The highest BCUT2D eigenvalue weighted by Crippen LogP contribution is 2.56. The Labute approximate surface area is 184 Å². The Morgan fingerprint density at radius 3 is 2.67 bits per heavy atom. The third kappa shape index (κ3) is 3.54. The van der Waals surface area contributed by atoms with Gasteiger partial charge in [0.2, 0.25) is 0 Å². The van der Waals surface area contributed by atoms with Crippen molar-refractivity contribution in [3.63, 3.8) is 0 Å². The van der Waals surface area contributed by atoms with Gasteiger partial charge in [-0.1, -0.05) is 38.1 Å². The molecule has 2 aromatic rings. The number of hydrogen-bond donors (Lipinski definition) is 2. The fraction of sp³-hybridized carbons (Fsp3) is 0.409. The summed E-state index contributed by atoms with van der Waals surface area (Å²) in [6.45, 7) is 4.24. The number of rotatable bonds is 5. The van der Waals surface area contributed by atoms with Gasteiger partial charge in [-0.3, -0.25) is 10.1 Å². The van der Waals surface area contributed by atoms with Crippen LogP contribution in [0.15, 0.2) is 47.4 Å². The van der Waals surface area contributed by atoms with E-state index in [0.29, 0.717) is 10.6 Å². The zero-order chi connectivity index (χ0) is 21.6. The number of para-hydroxylation sites is 2. The van der Waals surface area contributed by atoms with Gasteiger partial charge in [-0.15, -0.1) is 23.4 Å². The van der Waals surface area contributed by atoms with E-state index in [1.165, 1.54) is 17.8 Å². The van der Waals surface area contributed by atoms with Crippen LogP contribution in [0.25, 0.3) is 0 Å². The Morgan fingerprint density at radius 2 is 2.00 bits per heavy atom. The molecule has 1 aliphatic heterocycles. The van der Waals surface area contributed by atoms with Gasteiger partial charge >= 0.3 is 5.97 Å². The van der Waals surface area contributed by atoms with Crippen molar-refractivity contribution < 1.29 is 14.8 Å². The predicted molar refractivity (Wildman–Crippen MR) is 119 cm³/mol. The van der Waals surface area contributed by atoms with Crippen LogP contribution in [0.4, 0.5) is 11.4 Å². The molecule has 1 saturated carbocycles. The van der Waals surface area contributed by atoms with E-state index in [2.05, 4.69) is 19.2 Å². The van der Waals surface area contributed by atoms with Crippen LogP contribution >= 0.6 is 23.4 Å². The first-order valence-electron chi connectivity index (χ1n) is 9.96. The number of thioether (sulfide) groups is 1. The van der Waals surface area contributed by atoms with E-state index < -0.39 is 5.97 Å². The lowest BCUT2D eigenvalue weighted by atomic mass is 9.75. The lowest BCUT2D eigenvalue weighted by Gasteiger charge is -2.40. The minimum absolute atomic E-state index is 0.00474. The molecule has 0 amide bonds. The van der Waals surface area contributed by atoms with Gasteiger partial charge in [0.1, 0.15) is 0 Å². The summed E-state index contributed by atoms with van der Waals surface area (Å²) in [6.07, 6.45) is 0.808. The first kappa shape index (κ1) is 21.0. The molecule has 1 aliphatic carbocycles. The molecule has 6 nitrogen and oxygen atoms in total. The van der Waals surface area contributed by atoms with Crippen LogP contribution in [0.5, 0.6) is 0 Å². The van der Waals surface area contributed by atoms with Gasteiger partial charge in [-0.25, -0.2) is 4.79 Å². The van der Waals surface area contributed by atoms with Crippen molar-refractivity contribution >= 4 is 40.7 Å². The normalized spacial score (nSPS) is 27.3. The van der Waals surface area contributed by atoms with Crippen LogP contribution in [0.2, 0.25) is 0 Å². The van der Waals surface area contributed by atoms with Crippen molar-refractivity contribution in [2.75, 3.05) is 5.32 Å². The minimum atomic E-state index is -0.963. The van der Waals surface area contributed by atoms with E-state index in [1.807, 2.05) is 6.07 Å². The zero-order valence-electron chi connectivity index (χ0n) is 16.6. The lowest BCUT2D eigenvalue weighted by molar-refractivity contribution is -0.387. The second-order valence-electron chi connectivity index (χ2n) is 8.24. The summed E-state index contributed by atoms with van der Waals surface area (Å²) >= 11 is 8.46. The van der Waals surface area contributed by atoms with E-state index in [4.69, 9.17) is 11.6 Å². The molecule has 158 valence electrons. The van der Waals surface area contributed by atoms with Crippen LogP contribution in [-0.4, -0.2) is 32.7 Å². The third-order valence-electron chi connectivity index (χ3n) is 6.18. The number of hydrogen-bond acceptors (Lipinski definition) is 5. The summed E-state index contributed by atoms with van der Waals surface area (Å²) in [7, 11) is 0. The van der Waals surface area contributed by atoms with Crippen molar-refractivity contribution in [3.05, 3.63) is 63.7 Å². The number of benzene rings is 2. The number of fused-ring (bicyclic) bond motifs is 3. The average Bonchev–Trinajstić information content (AvgIpc) is 3.03. The van der Waals surface area contributed by atoms with Crippen LogP contribution < -0.4 is 5.32 Å². The maximum absolute atomic E-state index is 11.8. The Balaban J connectivity index is 1.72. The van der Waals surface area contributed by atoms with Crippen molar-refractivity contribution in [2.45, 2.75) is 47.8 Å². The number of carboxylic acids is 1. The first-order valence-corrected chi connectivity index (χ1v) is 11.3. The van der Waals surface area contributed by atoms with E-state index in [9.17, 15) is 20.0 Å². The first-order chi connectivity index (χ1) is 14.3. The lowest BCUT2D eigenvalue weighted by Crippen LogP contribution is -2.41. The molecule has 2 aromatic carbocycles. The SMILES string of the molecule is CC(C)[C@@H]1Nc2c(C(=O)O)cccc2[C@@H]2[C@H](Cl)[C@@H](Sc3ccccc3[N+](=O)[O-])C[C@@H]21. The topological polar surface area (TPSA) is 92.5 Å². The number of halogens is 1. The van der Waals surface area contributed by atoms with Gasteiger partial charge in [0.15, 0.2) is 0 Å². The van der Waals surface area contributed by atoms with E-state index >= 15 is 0 Å². The van der Waals surface area contributed by atoms with Crippen molar-refractivity contribution in [1.82, 2.24) is 0 Å². The Bertz CT molecular complexity index is 999. The smallest absolute Gasteiger partial charge is 0.337 e. The Hall–Kier alpha value is -2.25. The van der Waals surface area contributed by atoms with Crippen molar-refractivity contribution in [2.24, 2.45) is 11.8 Å². The molecule has 0 aromatic heterocycles. The number of alkyl halides is 1. The number of nitro benzene ring substituents is 1. The summed E-state index contributed by atoms with van der Waals surface area (Å²) in [5.74, 6) is -0.458. The van der Waals surface area contributed by atoms with Gasteiger partial charge < -0.3 is 10.4 Å². The number of nitrogens with one attached hydrogen (secondary N) is 1. The van der Waals surface area contributed by atoms with Crippen molar-refractivity contribution in [3.8, 4) is 0 Å². The third-order valence-corrected chi connectivity index (χ3v) is 8.29. The van der Waals surface area contributed by atoms with E-state index in [-0.39, 0.29) is 50.6 Å². The maximum Gasteiger partial charge on any atom is 0.337 e. The highest BCUT2D eigenvalue weighted by atomic mass is 35.5. The molecule has 4 rings (SSSR count). The fourth-order valence-corrected chi connectivity index (χ4v) is 6.83. The monoisotopic (exact) mass is 446 g/mol. The second-order valence-corrected chi connectivity index (χ2v) is 10.0. The average molecular weight is 447 g/mol. The Morgan fingerprint density at radius 1 is 1.27 bits per heavy atom. The van der Waals surface area contributed by atoms with Crippen LogP contribution in [0.3, 0.4) is 0 Å². The summed E-state index contributed by atoms with van der Waals surface area (Å²) in [5.41, 5.74) is 1.94. The predicted octanol–water partition coefficient (Wildman–Crippen LogP) is 5.61. The summed E-state index contributed by atoms with van der Waals surface area (Å²) in [5, 5.41) is 24.3. The molecule has 0 unspecified atom stereocenters. The molecular weight excluding hydrogens is 424 g/mol. The summed E-state index contributed by atoms with van der Waals surface area (Å²) < 4.78 is 0. The minimum Gasteiger partial charge on any atom is -0.478 e. The molecular formula is C22H23ClN2O4S. The maximum atomic E-state index is 11.8. The number of nitro groups is 1. The Kier molecular flexibility index (Phi) is 5.68. The van der Waals surface area contributed by atoms with Gasteiger partial charge in [-0.2, -0.15) is 0 Å². The molecule has 8 heteroatoms. The fourth-order valence-electron chi connectivity index (χ4n) is 4.89. The highest BCUT2D eigenvalue weighted by Gasteiger charge is 2.51. The van der Waals surface area contributed by atoms with E-state index in [0.717, 1.165) is 12.0 Å². The number of anilines is 1. The van der Waals surface area contributed by atoms with Gasteiger partial charge in [-0.05, 0) is 36.0 Å². The molecule has 1 fully saturated rings. The molecule has 2 N–H and O–H groups in total. The molecule has 2 aliphatic rings. The summed E-state index contributed by atoms with van der Waals surface area (Å²) in [4.78, 5) is 23.5. The molecule has 0 bridgehead atoms. The number of nitrogens with zero attached hydrogens (tertiary/aromatic N) is 1. The highest BCUT2D eigenvalue weighted by molar-refractivity contribution is 8.00. The van der Waals surface area contributed by atoms with Gasteiger partial charge in [0.05, 0.1) is 26.4 Å². The number of carbonyl (C=O) groups is 1. The second kappa shape index (κ2) is 8.12. The number of aromatic carboxylic acids is 1. The van der Waals surface area contributed by atoms with Crippen LogP contribution in [-0.2, 0) is 0 Å². The number of carboxylic acid groups (broad SMARTS) is 1. The van der Waals surface area contributed by atoms with Crippen LogP contribution in [0, 0.1) is 22.0 Å². The molecule has 0 saturated heterocycles. The van der Waals surface area contributed by atoms with Gasteiger partial charge in [0.25, 0.3) is 5.69 Å². The van der Waals surface area contributed by atoms with E-state index in [1.54, 1.807) is 30.3 Å². The van der Waals surface area contributed by atoms with Crippen molar-refractivity contribution in [1.29, 1.82) is 0 Å². The van der Waals surface area contributed by atoms with Crippen LogP contribution in [0.1, 0.15) is 42.1 Å². The zero-order valence-corrected chi connectivity index (χ0v) is 18.2. The molecule has 0 spiro atoms.